The average Bonchev–Trinajstić information content (AvgIpc) is 2.73. The number of rotatable bonds is 7. The summed E-state index contributed by atoms with van der Waals surface area (Å²) in [6.07, 6.45) is -0.904. The smallest absolute Gasteiger partial charge is 0.267 e. The van der Waals surface area contributed by atoms with Crippen molar-refractivity contribution in [1.82, 2.24) is 4.72 Å². The fourth-order valence-electron chi connectivity index (χ4n) is 3.23. The number of nitrogens with one attached hydrogen (secondary N) is 2. The number of amides is 2. The van der Waals surface area contributed by atoms with Crippen molar-refractivity contribution in [3.8, 4) is 5.75 Å². The molecule has 2 N–H and O–H groups in total. The Balaban J connectivity index is 1.69. The second-order valence-corrected chi connectivity index (χ2v) is 8.91. The molecule has 3 rings (SSSR count). The zero-order chi connectivity index (χ0) is 22.6. The summed E-state index contributed by atoms with van der Waals surface area (Å²) < 4.78 is 38.0. The van der Waals surface area contributed by atoms with Crippen LogP contribution >= 0.6 is 0 Å². The Kier molecular flexibility index (Phi) is 6.94. The highest BCUT2D eigenvalue weighted by atomic mass is 32.2. The number of hydrogen-bond donors (Lipinski definition) is 2. The van der Waals surface area contributed by atoms with E-state index in [1.165, 1.54) is 43.2 Å². The Labute approximate surface area is 181 Å². The molecular weight excluding hydrogens is 422 g/mol. The van der Waals surface area contributed by atoms with E-state index in [2.05, 4.69) is 10.0 Å². The van der Waals surface area contributed by atoms with Gasteiger partial charge in [-0.2, -0.15) is 0 Å². The van der Waals surface area contributed by atoms with E-state index in [0.29, 0.717) is 17.1 Å². The van der Waals surface area contributed by atoms with Crippen LogP contribution in [0.15, 0.2) is 53.4 Å². The lowest BCUT2D eigenvalue weighted by Crippen LogP contribution is -2.48. The number of fused-ring (bicyclic) bond motifs is 1. The Morgan fingerprint density at radius 1 is 1.19 bits per heavy atom. The van der Waals surface area contributed by atoms with Crippen LogP contribution in [0.1, 0.15) is 13.8 Å². The Bertz CT molecular complexity index is 1060. The molecule has 0 saturated carbocycles. The summed E-state index contributed by atoms with van der Waals surface area (Å²) in [7, 11) is -2.22. The quantitative estimate of drug-likeness (QED) is 0.669. The first kappa shape index (κ1) is 22.7. The average molecular weight is 448 g/mol. The van der Waals surface area contributed by atoms with E-state index in [1.807, 2.05) is 0 Å². The predicted octanol–water partition coefficient (Wildman–Crippen LogP) is 1.75. The van der Waals surface area contributed by atoms with Crippen molar-refractivity contribution in [2.24, 2.45) is 0 Å². The molecular formula is C21H25N3O6S. The molecule has 2 aromatic rings. The summed E-state index contributed by atoms with van der Waals surface area (Å²) >= 11 is 0. The van der Waals surface area contributed by atoms with Gasteiger partial charge in [0, 0.05) is 25.8 Å². The molecule has 1 aliphatic heterocycles. The highest BCUT2D eigenvalue weighted by Gasteiger charge is 2.32. The third kappa shape index (κ3) is 5.40. The van der Waals surface area contributed by atoms with Gasteiger partial charge in [0.15, 0.2) is 6.10 Å². The summed E-state index contributed by atoms with van der Waals surface area (Å²) in [4.78, 5) is 26.3. The lowest BCUT2D eigenvalue weighted by Gasteiger charge is -2.33. The SMILES string of the molecule is COC[C@@H](C)NS(=O)(=O)c1ccc(NC(=O)[C@H]2CN(C(C)=O)c3ccccc3O2)cc1. The molecule has 166 valence electrons. The van der Waals surface area contributed by atoms with E-state index in [-0.39, 0.29) is 30.0 Å². The molecule has 1 aliphatic rings. The van der Waals surface area contributed by atoms with Crippen LogP contribution in [0.25, 0.3) is 0 Å². The van der Waals surface area contributed by atoms with Crippen molar-refractivity contribution in [1.29, 1.82) is 0 Å². The number of sulfonamides is 1. The molecule has 31 heavy (non-hydrogen) atoms. The molecule has 0 unspecified atom stereocenters. The first-order chi connectivity index (χ1) is 14.7. The largest absolute Gasteiger partial charge is 0.476 e. The molecule has 0 aliphatic carbocycles. The van der Waals surface area contributed by atoms with Crippen molar-refractivity contribution in [3.05, 3.63) is 48.5 Å². The van der Waals surface area contributed by atoms with E-state index < -0.39 is 22.0 Å². The van der Waals surface area contributed by atoms with Crippen LogP contribution in [-0.2, 0) is 24.3 Å². The van der Waals surface area contributed by atoms with Crippen LogP contribution in [0.3, 0.4) is 0 Å². The lowest BCUT2D eigenvalue weighted by molar-refractivity contribution is -0.123. The number of benzene rings is 2. The van der Waals surface area contributed by atoms with E-state index in [4.69, 9.17) is 9.47 Å². The number of methoxy groups -OCH3 is 1. The molecule has 0 spiro atoms. The summed E-state index contributed by atoms with van der Waals surface area (Å²) in [5, 5.41) is 2.70. The molecule has 0 radical (unpaired) electrons. The van der Waals surface area contributed by atoms with Crippen LogP contribution < -0.4 is 19.7 Å². The normalized spacial score (nSPS) is 16.7. The minimum atomic E-state index is -3.71. The second-order valence-electron chi connectivity index (χ2n) is 7.20. The highest BCUT2D eigenvalue weighted by Crippen LogP contribution is 2.33. The van der Waals surface area contributed by atoms with Crippen molar-refractivity contribution in [2.45, 2.75) is 30.9 Å². The number of anilines is 2. The zero-order valence-corrected chi connectivity index (χ0v) is 18.3. The summed E-state index contributed by atoms with van der Waals surface area (Å²) in [5.41, 5.74) is 1.02. The Morgan fingerprint density at radius 3 is 2.52 bits per heavy atom. The monoisotopic (exact) mass is 447 g/mol. The maximum Gasteiger partial charge on any atom is 0.267 e. The molecule has 0 bridgehead atoms. The topological polar surface area (TPSA) is 114 Å². The number of hydrogen-bond acceptors (Lipinski definition) is 6. The van der Waals surface area contributed by atoms with Gasteiger partial charge in [-0.1, -0.05) is 12.1 Å². The summed E-state index contributed by atoms with van der Waals surface area (Å²) in [6, 6.07) is 12.4. The number of para-hydroxylation sites is 2. The molecule has 10 heteroatoms. The number of carbonyl (C=O) groups is 2. The zero-order valence-electron chi connectivity index (χ0n) is 17.5. The van der Waals surface area contributed by atoms with E-state index in [1.54, 1.807) is 31.2 Å². The van der Waals surface area contributed by atoms with Crippen LogP contribution in [0, 0.1) is 0 Å². The predicted molar refractivity (Wildman–Crippen MR) is 116 cm³/mol. The van der Waals surface area contributed by atoms with Gasteiger partial charge in [0.1, 0.15) is 5.75 Å². The first-order valence-corrected chi connectivity index (χ1v) is 11.2. The molecule has 2 amide bonds. The van der Waals surface area contributed by atoms with Crippen LogP contribution in [-0.4, -0.2) is 52.6 Å². The van der Waals surface area contributed by atoms with Gasteiger partial charge in [-0.25, -0.2) is 13.1 Å². The van der Waals surface area contributed by atoms with Gasteiger partial charge in [-0.15, -0.1) is 0 Å². The fraction of sp³-hybridized carbons (Fsp3) is 0.333. The number of carbonyl (C=O) groups excluding carboxylic acids is 2. The molecule has 2 atom stereocenters. The molecule has 2 aromatic carbocycles. The van der Waals surface area contributed by atoms with Crippen molar-refractivity contribution in [3.63, 3.8) is 0 Å². The molecule has 0 fully saturated rings. The van der Waals surface area contributed by atoms with E-state index in [9.17, 15) is 18.0 Å². The van der Waals surface area contributed by atoms with E-state index in [0.717, 1.165) is 0 Å². The van der Waals surface area contributed by atoms with Crippen molar-refractivity contribution >= 4 is 33.2 Å². The summed E-state index contributed by atoms with van der Waals surface area (Å²) in [6.45, 7) is 3.45. The highest BCUT2D eigenvalue weighted by molar-refractivity contribution is 7.89. The van der Waals surface area contributed by atoms with Crippen LogP contribution in [0.2, 0.25) is 0 Å². The van der Waals surface area contributed by atoms with Crippen LogP contribution in [0.4, 0.5) is 11.4 Å². The first-order valence-electron chi connectivity index (χ1n) is 9.67. The van der Waals surface area contributed by atoms with Gasteiger partial charge in [0.2, 0.25) is 15.9 Å². The third-order valence-electron chi connectivity index (χ3n) is 4.65. The molecule has 1 heterocycles. The number of nitrogens with zero attached hydrogens (tertiary/aromatic N) is 1. The van der Waals surface area contributed by atoms with Gasteiger partial charge in [0.05, 0.1) is 23.7 Å². The minimum Gasteiger partial charge on any atom is -0.476 e. The van der Waals surface area contributed by atoms with Crippen molar-refractivity contribution < 1.29 is 27.5 Å². The van der Waals surface area contributed by atoms with Gasteiger partial charge >= 0.3 is 0 Å². The molecule has 0 saturated heterocycles. The third-order valence-corrected chi connectivity index (χ3v) is 6.26. The lowest BCUT2D eigenvalue weighted by atomic mass is 10.1. The Hall–Kier alpha value is -2.95. The van der Waals surface area contributed by atoms with Gasteiger partial charge in [-0.3, -0.25) is 9.59 Å². The fourth-order valence-corrected chi connectivity index (χ4v) is 4.45. The standard InChI is InChI=1S/C21H25N3O6S/c1-14(13-29-3)23-31(27,28)17-10-8-16(9-11-17)22-21(26)20-12-24(15(2)25)18-6-4-5-7-19(18)30-20/h4-11,14,20,23H,12-13H2,1-3H3,(H,22,26)/t14-,20-/m1/s1. The van der Waals surface area contributed by atoms with Gasteiger partial charge < -0.3 is 19.7 Å². The number of ether oxygens (including phenoxy) is 2. The minimum absolute atomic E-state index is 0.0686. The van der Waals surface area contributed by atoms with Crippen molar-refractivity contribution in [2.75, 3.05) is 30.5 Å². The molecule has 0 aromatic heterocycles. The maximum atomic E-state index is 12.7. The summed E-state index contributed by atoms with van der Waals surface area (Å²) in [5.74, 6) is -0.191. The van der Waals surface area contributed by atoms with E-state index >= 15 is 0 Å². The van der Waals surface area contributed by atoms with Gasteiger partial charge in [-0.05, 0) is 43.3 Å². The second kappa shape index (κ2) is 9.46. The Morgan fingerprint density at radius 2 is 1.87 bits per heavy atom. The van der Waals surface area contributed by atoms with Crippen LogP contribution in [0.5, 0.6) is 5.75 Å². The maximum absolute atomic E-state index is 12.7. The molecule has 9 nitrogen and oxygen atoms in total. The van der Waals surface area contributed by atoms with Gasteiger partial charge in [0.25, 0.3) is 5.91 Å².